The van der Waals surface area contributed by atoms with E-state index in [-0.39, 0.29) is 28.3 Å². The number of nitro benzene ring substituents is 1. The Morgan fingerprint density at radius 3 is 2.61 bits per heavy atom. The molecule has 2 N–H and O–H groups in total. The molecule has 0 aliphatic heterocycles. The van der Waals surface area contributed by atoms with Gasteiger partial charge in [-0.1, -0.05) is 12.1 Å². The summed E-state index contributed by atoms with van der Waals surface area (Å²) in [7, 11) is -4.56. The van der Waals surface area contributed by atoms with Crippen LogP contribution in [0.2, 0.25) is 0 Å². The number of aromatic nitrogens is 4. The molecule has 2 aromatic carbocycles. The van der Waals surface area contributed by atoms with E-state index in [1.54, 1.807) is 12.1 Å². The van der Waals surface area contributed by atoms with Crippen LogP contribution in [-0.4, -0.2) is 38.0 Å². The van der Waals surface area contributed by atoms with E-state index < -0.39 is 26.5 Å². The average molecular weight is 444 g/mol. The lowest BCUT2D eigenvalue weighted by atomic mass is 10.1. The van der Waals surface area contributed by atoms with Crippen LogP contribution in [0.15, 0.2) is 70.4 Å². The number of hydrogen-bond acceptors (Lipinski definition) is 8. The van der Waals surface area contributed by atoms with Crippen LogP contribution < -0.4 is 4.80 Å². The Morgan fingerprint density at radius 1 is 1.19 bits per heavy atom. The van der Waals surface area contributed by atoms with Gasteiger partial charge in [-0.25, -0.2) is 0 Å². The van der Waals surface area contributed by atoms with Gasteiger partial charge in [0.2, 0.25) is 0 Å². The lowest BCUT2D eigenvalue weighted by Gasteiger charge is -2.03. The van der Waals surface area contributed by atoms with Crippen molar-refractivity contribution in [3.05, 3.63) is 76.7 Å². The monoisotopic (exact) mass is 444 g/mol. The SMILES string of the molecule is O=[N+]([O-])c1ccc(-[n+]2nc(-c3ccccc3S(=O)(=O)O)nn2-c2ccoc2)c(CO)c1. The normalized spacial score (nSPS) is 11.5. The second kappa shape index (κ2) is 7.71. The number of aliphatic hydroxyl groups is 1. The summed E-state index contributed by atoms with van der Waals surface area (Å²) < 4.78 is 38.2. The number of non-ortho nitro benzene ring substituents is 1. The van der Waals surface area contributed by atoms with Gasteiger partial charge in [0, 0.05) is 28.6 Å². The minimum atomic E-state index is -4.56. The van der Waals surface area contributed by atoms with Crippen LogP contribution in [0, 0.1) is 10.1 Å². The molecule has 0 saturated heterocycles. The molecule has 0 spiro atoms. The summed E-state index contributed by atoms with van der Waals surface area (Å²) in [5, 5.41) is 29.5. The van der Waals surface area contributed by atoms with Crippen molar-refractivity contribution in [1.29, 1.82) is 0 Å². The smallest absolute Gasteiger partial charge is 0.341 e. The Morgan fingerprint density at radius 2 is 1.97 bits per heavy atom. The summed E-state index contributed by atoms with van der Waals surface area (Å²) in [6, 6.07) is 11.0. The predicted molar refractivity (Wildman–Crippen MR) is 103 cm³/mol. The third kappa shape index (κ3) is 3.79. The first-order valence-electron chi connectivity index (χ1n) is 8.67. The quantitative estimate of drug-likeness (QED) is 0.194. The van der Waals surface area contributed by atoms with E-state index in [1.807, 2.05) is 0 Å². The topological polar surface area (TPSA) is 165 Å². The number of nitro groups is 1. The highest BCUT2D eigenvalue weighted by Crippen LogP contribution is 2.25. The first-order valence-corrected chi connectivity index (χ1v) is 10.1. The second-order valence-corrected chi connectivity index (χ2v) is 7.67. The summed E-state index contributed by atoms with van der Waals surface area (Å²) in [5.74, 6) is -0.0586. The van der Waals surface area contributed by atoms with Crippen LogP contribution in [0.3, 0.4) is 0 Å². The highest BCUT2D eigenvalue weighted by molar-refractivity contribution is 7.86. The van der Waals surface area contributed by atoms with E-state index in [4.69, 9.17) is 4.42 Å². The van der Waals surface area contributed by atoms with Gasteiger partial charge in [0.1, 0.15) is 11.2 Å². The van der Waals surface area contributed by atoms with E-state index in [0.29, 0.717) is 5.69 Å². The second-order valence-electron chi connectivity index (χ2n) is 6.28. The molecule has 0 aliphatic rings. The van der Waals surface area contributed by atoms with Crippen LogP contribution >= 0.6 is 0 Å². The van der Waals surface area contributed by atoms with Crippen LogP contribution in [0.1, 0.15) is 5.56 Å². The van der Waals surface area contributed by atoms with E-state index in [9.17, 15) is 28.2 Å². The largest absolute Gasteiger partial charge is 0.470 e. The van der Waals surface area contributed by atoms with Gasteiger partial charge in [-0.15, -0.1) is 0 Å². The molecule has 4 rings (SSSR count). The lowest BCUT2D eigenvalue weighted by molar-refractivity contribution is -0.735. The first-order chi connectivity index (χ1) is 14.8. The van der Waals surface area contributed by atoms with Crippen molar-refractivity contribution in [2.75, 3.05) is 0 Å². The van der Waals surface area contributed by atoms with Crippen molar-refractivity contribution in [1.82, 2.24) is 15.0 Å². The predicted octanol–water partition coefficient (Wildman–Crippen LogP) is 1.45. The fourth-order valence-corrected chi connectivity index (χ4v) is 3.66. The zero-order chi connectivity index (χ0) is 22.2. The first kappa shape index (κ1) is 20.3. The molecule has 31 heavy (non-hydrogen) atoms. The number of tetrazole rings is 1. The van der Waals surface area contributed by atoms with Crippen molar-refractivity contribution in [2.45, 2.75) is 11.5 Å². The van der Waals surface area contributed by atoms with Crippen LogP contribution in [0.25, 0.3) is 22.8 Å². The maximum atomic E-state index is 11.8. The van der Waals surface area contributed by atoms with Crippen LogP contribution in [0.5, 0.6) is 0 Å². The Labute approximate surface area is 174 Å². The number of benzene rings is 2. The van der Waals surface area contributed by atoms with Crippen LogP contribution in [-0.2, 0) is 16.7 Å². The molecule has 12 nitrogen and oxygen atoms in total. The Balaban J connectivity index is 1.98. The van der Waals surface area contributed by atoms with Gasteiger partial charge >= 0.3 is 5.82 Å². The molecular formula is C18H14N5O7S+. The van der Waals surface area contributed by atoms with Crippen molar-refractivity contribution in [3.8, 4) is 22.8 Å². The van der Waals surface area contributed by atoms with Gasteiger partial charge in [-0.2, -0.15) is 8.42 Å². The molecule has 0 unspecified atom stereocenters. The molecule has 13 heteroatoms. The van der Waals surface area contributed by atoms with E-state index in [0.717, 1.165) is 0 Å². The van der Waals surface area contributed by atoms with Crippen molar-refractivity contribution in [2.24, 2.45) is 0 Å². The van der Waals surface area contributed by atoms with Crippen LogP contribution in [0.4, 0.5) is 5.69 Å². The molecular weight excluding hydrogens is 430 g/mol. The third-order valence-electron chi connectivity index (χ3n) is 4.36. The molecule has 0 amide bonds. The minimum Gasteiger partial charge on any atom is -0.470 e. The molecule has 0 atom stereocenters. The summed E-state index contributed by atoms with van der Waals surface area (Å²) in [6.45, 7) is -0.529. The Hall–Kier alpha value is -3.94. The molecule has 158 valence electrons. The van der Waals surface area contributed by atoms with E-state index >= 15 is 0 Å². The van der Waals surface area contributed by atoms with E-state index in [1.165, 1.54) is 58.5 Å². The van der Waals surface area contributed by atoms with Gasteiger partial charge in [-0.05, 0) is 28.1 Å². The minimum absolute atomic E-state index is 0.0356. The molecule has 0 radical (unpaired) electrons. The molecule has 0 fully saturated rings. The van der Waals surface area contributed by atoms with Gasteiger partial charge in [0.25, 0.3) is 15.8 Å². The number of aliphatic hydroxyl groups excluding tert-OH is 1. The number of nitrogens with zero attached hydrogens (tertiary/aromatic N) is 5. The fourth-order valence-electron chi connectivity index (χ4n) is 2.97. The number of furan rings is 1. The highest BCUT2D eigenvalue weighted by atomic mass is 32.2. The van der Waals surface area contributed by atoms with Gasteiger partial charge in [0.05, 0.1) is 28.5 Å². The number of hydrogen-bond donors (Lipinski definition) is 2. The lowest BCUT2D eigenvalue weighted by Crippen LogP contribution is -2.44. The van der Waals surface area contributed by atoms with Gasteiger partial charge < -0.3 is 9.52 Å². The maximum absolute atomic E-state index is 11.8. The maximum Gasteiger partial charge on any atom is 0.341 e. The standard InChI is InChI=1S/C18H13N5O7S/c24-10-12-9-13(23(25)26)5-6-16(12)22-20-18(19-21(22)14-7-8-30-11-14)15-3-1-2-4-17(15)31(27,28)29/h1-9,11,24H,10H2/p+1. The molecule has 0 aliphatic carbocycles. The summed E-state index contributed by atoms with van der Waals surface area (Å²) in [4.78, 5) is 12.6. The third-order valence-corrected chi connectivity index (χ3v) is 5.27. The van der Waals surface area contributed by atoms with Gasteiger partial charge in [0.15, 0.2) is 11.4 Å². The molecule has 2 aromatic heterocycles. The van der Waals surface area contributed by atoms with Crippen molar-refractivity contribution in [3.63, 3.8) is 0 Å². The van der Waals surface area contributed by atoms with E-state index in [2.05, 4.69) is 10.2 Å². The van der Waals surface area contributed by atoms with Gasteiger partial charge in [-0.3, -0.25) is 14.7 Å². The Bertz CT molecular complexity index is 1380. The van der Waals surface area contributed by atoms with Crippen molar-refractivity contribution < 1.29 is 32.2 Å². The highest BCUT2D eigenvalue weighted by Gasteiger charge is 2.30. The summed E-state index contributed by atoms with van der Waals surface area (Å²) >= 11 is 0. The molecule has 0 saturated carbocycles. The molecule has 0 bridgehead atoms. The summed E-state index contributed by atoms with van der Waals surface area (Å²) in [5.41, 5.74) is 0.668. The average Bonchev–Trinajstić information content (AvgIpc) is 3.42. The number of rotatable bonds is 6. The zero-order valence-corrected chi connectivity index (χ0v) is 16.4. The molecule has 2 heterocycles. The van der Waals surface area contributed by atoms with Crippen molar-refractivity contribution >= 4 is 15.8 Å². The zero-order valence-electron chi connectivity index (χ0n) is 15.6. The summed E-state index contributed by atoms with van der Waals surface area (Å²) in [6.07, 6.45) is 2.74. The molecule has 4 aromatic rings. The Kier molecular flexibility index (Phi) is 5.06. The fraction of sp³-hybridized carbons (Fsp3) is 0.0556.